The Morgan fingerprint density at radius 3 is 1.08 bits per heavy atom. The van der Waals surface area contributed by atoms with Crippen molar-refractivity contribution in [2.24, 2.45) is 0 Å². The van der Waals surface area contributed by atoms with Gasteiger partial charge >= 0.3 is 19.8 Å². The van der Waals surface area contributed by atoms with Gasteiger partial charge in [0.05, 0.1) is 27.7 Å². The number of hydrogen-bond acceptors (Lipinski definition) is 7. The number of phosphoric acid groups is 1. The van der Waals surface area contributed by atoms with Crippen LogP contribution in [0.4, 0.5) is 0 Å². The zero-order valence-corrected chi connectivity index (χ0v) is 51.5. The molecule has 0 saturated carbocycles. The number of allylic oxidation sites excluding steroid dienone is 4. The molecule has 0 rings (SSSR count). The first-order valence-electron chi connectivity index (χ1n) is 32.6. The Hall–Kier alpha value is -1.51. The van der Waals surface area contributed by atoms with Crippen LogP contribution in [0.2, 0.25) is 0 Å². The van der Waals surface area contributed by atoms with Gasteiger partial charge in [-0.05, 0) is 44.9 Å². The molecule has 0 aromatic heterocycles. The summed E-state index contributed by atoms with van der Waals surface area (Å²) in [6.45, 7) is 4.45. The number of nitrogens with zero attached hydrogens (tertiary/aromatic N) is 1. The van der Waals surface area contributed by atoms with Crippen molar-refractivity contribution in [2.75, 3.05) is 47.5 Å². The molecule has 444 valence electrons. The second-order valence-corrected chi connectivity index (χ2v) is 25.0. The van der Waals surface area contributed by atoms with Crippen molar-refractivity contribution in [2.45, 2.75) is 335 Å². The third-order valence-corrected chi connectivity index (χ3v) is 15.7. The van der Waals surface area contributed by atoms with Crippen LogP contribution in [-0.4, -0.2) is 74.9 Å². The first-order chi connectivity index (χ1) is 36.5. The highest BCUT2D eigenvalue weighted by Crippen LogP contribution is 2.43. The number of phosphoric ester groups is 1. The topological polar surface area (TPSA) is 108 Å². The highest BCUT2D eigenvalue weighted by atomic mass is 31.2. The van der Waals surface area contributed by atoms with Crippen molar-refractivity contribution in [1.29, 1.82) is 0 Å². The molecule has 10 heteroatoms. The van der Waals surface area contributed by atoms with Gasteiger partial charge in [-0.1, -0.05) is 295 Å². The lowest BCUT2D eigenvalue weighted by molar-refractivity contribution is -0.870. The molecule has 0 saturated heterocycles. The molecule has 1 N–H and O–H groups in total. The largest absolute Gasteiger partial charge is 0.472 e. The Morgan fingerprint density at radius 1 is 0.413 bits per heavy atom. The molecule has 0 amide bonds. The molecule has 0 spiro atoms. The fraction of sp³-hybridized carbons (Fsp3) is 0.908. The second kappa shape index (κ2) is 57.2. The number of unbranched alkanes of at least 4 members (excludes halogenated alkanes) is 43. The minimum atomic E-state index is -4.39. The number of quaternary nitrogens is 1. The molecule has 0 radical (unpaired) electrons. The van der Waals surface area contributed by atoms with E-state index in [1.54, 1.807) is 0 Å². The van der Waals surface area contributed by atoms with Crippen LogP contribution in [0, 0.1) is 0 Å². The van der Waals surface area contributed by atoms with Crippen LogP contribution in [0.5, 0.6) is 0 Å². The van der Waals surface area contributed by atoms with Gasteiger partial charge in [0.15, 0.2) is 6.10 Å². The molecule has 0 fully saturated rings. The predicted molar refractivity (Wildman–Crippen MR) is 321 cm³/mol. The first-order valence-corrected chi connectivity index (χ1v) is 34.1. The zero-order valence-electron chi connectivity index (χ0n) is 50.6. The van der Waals surface area contributed by atoms with Crippen molar-refractivity contribution < 1.29 is 42.1 Å². The van der Waals surface area contributed by atoms with Gasteiger partial charge in [0.25, 0.3) is 0 Å². The van der Waals surface area contributed by atoms with Crippen LogP contribution in [0.3, 0.4) is 0 Å². The van der Waals surface area contributed by atoms with E-state index in [2.05, 4.69) is 38.2 Å². The van der Waals surface area contributed by atoms with E-state index in [1.807, 2.05) is 21.1 Å². The first kappa shape index (κ1) is 73.5. The number of hydrogen-bond donors (Lipinski definition) is 1. The number of carbonyl (C=O) groups excluding carboxylic acids is 2. The number of esters is 2. The SMILES string of the molecule is CCCCC/C=C\C/C=C\CCCCCCCCCC(=O)OC(COC(=O)CCCCCCCCCCCCCCCCCCCCCCCCCCCCCCCCCCCC)COP(=O)(O)OCC[N+](C)(C)C. The molecule has 0 aliphatic carbocycles. The summed E-state index contributed by atoms with van der Waals surface area (Å²) in [5.41, 5.74) is 0. The summed E-state index contributed by atoms with van der Waals surface area (Å²) in [5.74, 6) is -0.790. The molecule has 0 aliphatic rings. The fourth-order valence-electron chi connectivity index (χ4n) is 9.70. The predicted octanol–water partition coefficient (Wildman–Crippen LogP) is 20.5. The van der Waals surface area contributed by atoms with Crippen LogP contribution in [-0.2, 0) is 32.7 Å². The molecule has 0 aromatic carbocycles. The average Bonchev–Trinajstić information content (AvgIpc) is 3.37. The minimum absolute atomic E-state index is 0.0324. The van der Waals surface area contributed by atoms with E-state index in [4.69, 9.17) is 18.5 Å². The van der Waals surface area contributed by atoms with Crippen LogP contribution >= 0.6 is 7.82 Å². The van der Waals surface area contributed by atoms with Gasteiger partial charge in [-0.3, -0.25) is 18.6 Å². The Kier molecular flexibility index (Phi) is 56.0. The van der Waals surface area contributed by atoms with Gasteiger partial charge in [-0.25, -0.2) is 4.57 Å². The van der Waals surface area contributed by atoms with E-state index in [0.29, 0.717) is 23.9 Å². The van der Waals surface area contributed by atoms with Gasteiger partial charge in [-0.2, -0.15) is 0 Å². The maximum atomic E-state index is 12.8. The van der Waals surface area contributed by atoms with Gasteiger partial charge < -0.3 is 18.9 Å². The summed E-state index contributed by atoms with van der Waals surface area (Å²) in [4.78, 5) is 35.7. The molecular formula is C65H127NO8P+. The Morgan fingerprint density at radius 2 is 0.720 bits per heavy atom. The Labute approximate surface area is 466 Å². The van der Waals surface area contributed by atoms with Gasteiger partial charge in [-0.15, -0.1) is 0 Å². The second-order valence-electron chi connectivity index (χ2n) is 23.5. The standard InChI is InChI=1S/C65H126NO8P/c1-6-8-10-12-14-16-18-20-22-24-25-26-27-28-29-30-31-32-33-34-35-36-37-38-39-40-42-43-45-47-49-51-53-55-57-64(67)71-61-63(62-73-75(69,70)72-60-59-66(3,4)5)74-65(68)58-56-54-52-50-48-46-44-41-23-21-19-17-15-13-11-9-7-2/h15,17,21,23,63H,6-14,16,18-20,22,24-62H2,1-5H3/p+1/b17-15-,23-21-. The quantitative estimate of drug-likeness (QED) is 0.0211. The number of rotatable bonds is 61. The minimum Gasteiger partial charge on any atom is -0.462 e. The molecule has 0 bridgehead atoms. The number of ether oxygens (including phenoxy) is 2. The van der Waals surface area contributed by atoms with Crippen LogP contribution in [0.25, 0.3) is 0 Å². The highest BCUT2D eigenvalue weighted by Gasteiger charge is 2.27. The lowest BCUT2D eigenvalue weighted by Crippen LogP contribution is -2.37. The zero-order chi connectivity index (χ0) is 54.9. The Bertz CT molecular complexity index is 1320. The maximum absolute atomic E-state index is 12.8. The van der Waals surface area contributed by atoms with Crippen LogP contribution in [0.1, 0.15) is 328 Å². The molecule has 0 heterocycles. The van der Waals surface area contributed by atoms with Gasteiger partial charge in [0.1, 0.15) is 19.8 Å². The number of likely N-dealkylation sites (N-methyl/N-ethyl adjacent to an activating group) is 1. The smallest absolute Gasteiger partial charge is 0.462 e. The van der Waals surface area contributed by atoms with Crippen molar-refractivity contribution in [3.8, 4) is 0 Å². The summed E-state index contributed by atoms with van der Waals surface area (Å²) >= 11 is 0. The highest BCUT2D eigenvalue weighted by molar-refractivity contribution is 7.47. The third-order valence-electron chi connectivity index (χ3n) is 14.7. The molecule has 0 aromatic rings. The molecule has 75 heavy (non-hydrogen) atoms. The monoisotopic (exact) mass is 1080 g/mol. The van der Waals surface area contributed by atoms with Gasteiger partial charge in [0.2, 0.25) is 0 Å². The van der Waals surface area contributed by atoms with Crippen molar-refractivity contribution in [1.82, 2.24) is 0 Å². The normalized spacial score (nSPS) is 13.3. The molecule has 9 nitrogen and oxygen atoms in total. The van der Waals surface area contributed by atoms with Crippen LogP contribution < -0.4 is 0 Å². The van der Waals surface area contributed by atoms with Crippen molar-refractivity contribution in [3.05, 3.63) is 24.3 Å². The van der Waals surface area contributed by atoms with E-state index < -0.39 is 26.5 Å². The van der Waals surface area contributed by atoms with Crippen molar-refractivity contribution in [3.63, 3.8) is 0 Å². The molecule has 2 atom stereocenters. The third kappa shape index (κ3) is 61.6. The average molecular weight is 1080 g/mol. The lowest BCUT2D eigenvalue weighted by Gasteiger charge is -2.24. The van der Waals surface area contributed by atoms with E-state index in [1.165, 1.54) is 244 Å². The lowest BCUT2D eigenvalue weighted by atomic mass is 10.0. The summed E-state index contributed by atoms with van der Waals surface area (Å²) < 4.78 is 34.6. The molecular weight excluding hydrogens is 954 g/mol. The van der Waals surface area contributed by atoms with E-state index >= 15 is 0 Å². The fourth-order valence-corrected chi connectivity index (χ4v) is 10.4. The van der Waals surface area contributed by atoms with E-state index in [-0.39, 0.29) is 25.6 Å². The maximum Gasteiger partial charge on any atom is 0.472 e. The van der Waals surface area contributed by atoms with E-state index in [0.717, 1.165) is 51.4 Å². The molecule has 0 aliphatic heterocycles. The van der Waals surface area contributed by atoms with Crippen molar-refractivity contribution >= 4 is 19.8 Å². The molecule has 2 unspecified atom stereocenters. The Balaban J connectivity index is 3.94. The van der Waals surface area contributed by atoms with Gasteiger partial charge in [0, 0.05) is 12.8 Å². The number of carbonyl (C=O) groups is 2. The van der Waals surface area contributed by atoms with E-state index in [9.17, 15) is 19.0 Å². The summed E-state index contributed by atoms with van der Waals surface area (Å²) in [6, 6.07) is 0. The summed E-state index contributed by atoms with van der Waals surface area (Å²) in [6.07, 6.45) is 70.0. The summed E-state index contributed by atoms with van der Waals surface area (Å²) in [5, 5.41) is 0. The summed E-state index contributed by atoms with van der Waals surface area (Å²) in [7, 11) is 1.49. The van der Waals surface area contributed by atoms with Crippen LogP contribution in [0.15, 0.2) is 24.3 Å².